The zero-order valence-electron chi connectivity index (χ0n) is 12.7. The molecule has 3 aromatic rings. The summed E-state index contributed by atoms with van der Waals surface area (Å²) in [5.41, 5.74) is 9.86. The number of fused-ring (bicyclic) bond motifs is 2. The molecule has 0 saturated heterocycles. The first-order valence-corrected chi connectivity index (χ1v) is 8.66. The van der Waals surface area contributed by atoms with Crippen molar-refractivity contribution < 1.29 is 4.79 Å². The van der Waals surface area contributed by atoms with Gasteiger partial charge >= 0.3 is 0 Å². The van der Waals surface area contributed by atoms with Gasteiger partial charge in [-0.25, -0.2) is 0 Å². The molecule has 0 radical (unpaired) electrons. The Kier molecular flexibility index (Phi) is 3.63. The Hall–Kier alpha value is -2.17. The van der Waals surface area contributed by atoms with Crippen molar-refractivity contribution in [2.24, 2.45) is 5.73 Å². The van der Waals surface area contributed by atoms with E-state index in [4.69, 9.17) is 5.73 Å². The number of amides is 1. The third-order valence-corrected chi connectivity index (χ3v) is 5.48. The molecule has 0 bridgehead atoms. The lowest BCUT2D eigenvalue weighted by atomic mass is 10.0. The van der Waals surface area contributed by atoms with Crippen molar-refractivity contribution in [2.75, 3.05) is 0 Å². The zero-order chi connectivity index (χ0) is 15.8. The van der Waals surface area contributed by atoms with Gasteiger partial charge in [-0.05, 0) is 39.9 Å². The van der Waals surface area contributed by atoms with Crippen LogP contribution in [0.1, 0.15) is 16.7 Å². The molecule has 2 N–H and O–H groups in total. The maximum atomic E-state index is 12.7. The number of nitrogens with two attached hydrogens (primary N) is 1. The SMILES string of the molecule is NC(Cc1csc2ccccc12)C(=O)N1Cc2ccccc2C1. The monoisotopic (exact) mass is 322 g/mol. The van der Waals surface area contributed by atoms with Crippen molar-refractivity contribution in [2.45, 2.75) is 25.6 Å². The summed E-state index contributed by atoms with van der Waals surface area (Å²) in [6, 6.07) is 16.0. The van der Waals surface area contributed by atoms with Crippen molar-refractivity contribution in [3.63, 3.8) is 0 Å². The number of nitrogens with zero attached hydrogens (tertiary/aromatic N) is 1. The molecule has 3 nitrogen and oxygen atoms in total. The minimum Gasteiger partial charge on any atom is -0.333 e. The van der Waals surface area contributed by atoms with Crippen molar-refractivity contribution >= 4 is 27.3 Å². The van der Waals surface area contributed by atoms with E-state index in [-0.39, 0.29) is 5.91 Å². The van der Waals surface area contributed by atoms with E-state index in [0.717, 1.165) is 0 Å². The minimum atomic E-state index is -0.484. The number of carbonyl (C=O) groups excluding carboxylic acids is 1. The average molecular weight is 322 g/mol. The van der Waals surface area contributed by atoms with Crippen molar-refractivity contribution in [3.05, 3.63) is 70.6 Å². The molecule has 1 atom stereocenters. The van der Waals surface area contributed by atoms with Crippen LogP contribution in [-0.2, 0) is 24.3 Å². The number of thiophene rings is 1. The smallest absolute Gasteiger partial charge is 0.240 e. The Labute approximate surface area is 139 Å². The lowest BCUT2D eigenvalue weighted by Crippen LogP contribution is -2.42. The molecule has 0 fully saturated rings. The van der Waals surface area contributed by atoms with Gasteiger partial charge in [0.05, 0.1) is 6.04 Å². The van der Waals surface area contributed by atoms with Gasteiger partial charge < -0.3 is 10.6 Å². The fourth-order valence-electron chi connectivity index (χ4n) is 3.24. The number of hydrogen-bond acceptors (Lipinski definition) is 3. The van der Waals surface area contributed by atoms with Crippen LogP contribution < -0.4 is 5.73 Å². The van der Waals surface area contributed by atoms with Gasteiger partial charge in [-0.15, -0.1) is 11.3 Å². The molecule has 1 aromatic heterocycles. The first-order valence-electron chi connectivity index (χ1n) is 7.78. The summed E-state index contributed by atoms with van der Waals surface area (Å²) in [5.74, 6) is 0.0384. The van der Waals surface area contributed by atoms with E-state index in [1.165, 1.54) is 26.8 Å². The molecule has 4 heteroatoms. The molecule has 23 heavy (non-hydrogen) atoms. The van der Waals surface area contributed by atoms with Crippen LogP contribution in [0.3, 0.4) is 0 Å². The molecule has 1 aliphatic rings. The Morgan fingerprint density at radius 2 is 1.74 bits per heavy atom. The van der Waals surface area contributed by atoms with Crippen molar-refractivity contribution in [1.29, 1.82) is 0 Å². The first kappa shape index (κ1) is 14.4. The van der Waals surface area contributed by atoms with Crippen LogP contribution >= 0.6 is 11.3 Å². The Morgan fingerprint density at radius 1 is 1.09 bits per heavy atom. The summed E-state index contributed by atoms with van der Waals surface area (Å²) < 4.78 is 1.25. The van der Waals surface area contributed by atoms with Gasteiger partial charge in [0.25, 0.3) is 0 Å². The van der Waals surface area contributed by atoms with Crippen LogP contribution in [0.4, 0.5) is 0 Å². The molecular formula is C19H18N2OS. The van der Waals surface area contributed by atoms with E-state index in [0.29, 0.717) is 19.5 Å². The van der Waals surface area contributed by atoms with E-state index < -0.39 is 6.04 Å². The minimum absolute atomic E-state index is 0.0384. The third-order valence-electron chi connectivity index (χ3n) is 4.47. The normalized spacial score (nSPS) is 14.9. The van der Waals surface area contributed by atoms with Crippen molar-refractivity contribution in [1.82, 2.24) is 4.90 Å². The molecule has 0 spiro atoms. The van der Waals surface area contributed by atoms with Gasteiger partial charge in [0, 0.05) is 17.8 Å². The van der Waals surface area contributed by atoms with Crippen LogP contribution in [0.2, 0.25) is 0 Å². The molecule has 2 heterocycles. The predicted molar refractivity (Wildman–Crippen MR) is 94.2 cm³/mol. The third kappa shape index (κ3) is 2.64. The Morgan fingerprint density at radius 3 is 2.48 bits per heavy atom. The van der Waals surface area contributed by atoms with Gasteiger partial charge in [0.1, 0.15) is 0 Å². The van der Waals surface area contributed by atoms with Gasteiger partial charge in [0.2, 0.25) is 5.91 Å². The maximum absolute atomic E-state index is 12.7. The lowest BCUT2D eigenvalue weighted by molar-refractivity contribution is -0.133. The second kappa shape index (κ2) is 5.80. The van der Waals surface area contributed by atoms with Crippen LogP contribution in [0.5, 0.6) is 0 Å². The number of benzene rings is 2. The lowest BCUT2D eigenvalue weighted by Gasteiger charge is -2.20. The average Bonchev–Trinajstić information content (AvgIpc) is 3.18. The Bertz CT molecular complexity index is 845. The van der Waals surface area contributed by atoms with E-state index in [1.807, 2.05) is 29.2 Å². The molecule has 1 unspecified atom stereocenters. The van der Waals surface area contributed by atoms with Gasteiger partial charge in [-0.3, -0.25) is 4.79 Å². The molecule has 1 aliphatic heterocycles. The van der Waals surface area contributed by atoms with Gasteiger partial charge in [0.15, 0.2) is 0 Å². The number of carbonyl (C=O) groups is 1. The van der Waals surface area contributed by atoms with Crippen molar-refractivity contribution in [3.8, 4) is 0 Å². The molecular weight excluding hydrogens is 304 g/mol. The summed E-state index contributed by atoms with van der Waals surface area (Å²) in [6.07, 6.45) is 0.593. The predicted octanol–water partition coefficient (Wildman–Crippen LogP) is 3.31. The second-order valence-corrected chi connectivity index (χ2v) is 6.94. The summed E-state index contributed by atoms with van der Waals surface area (Å²) in [5, 5.41) is 3.33. The highest BCUT2D eigenvalue weighted by atomic mass is 32.1. The van der Waals surface area contributed by atoms with Crippen LogP contribution in [0.15, 0.2) is 53.9 Å². The molecule has 4 rings (SSSR count). The van der Waals surface area contributed by atoms with E-state index in [9.17, 15) is 4.79 Å². The largest absolute Gasteiger partial charge is 0.333 e. The van der Waals surface area contributed by atoms with Gasteiger partial charge in [-0.1, -0.05) is 42.5 Å². The fourth-order valence-corrected chi connectivity index (χ4v) is 4.21. The van der Waals surface area contributed by atoms with Crippen LogP contribution in [-0.4, -0.2) is 16.8 Å². The summed E-state index contributed by atoms with van der Waals surface area (Å²) in [6.45, 7) is 1.35. The highest BCUT2D eigenvalue weighted by Gasteiger charge is 2.27. The van der Waals surface area contributed by atoms with E-state index in [2.05, 4.69) is 29.6 Å². The highest BCUT2D eigenvalue weighted by molar-refractivity contribution is 7.17. The highest BCUT2D eigenvalue weighted by Crippen LogP contribution is 2.27. The van der Waals surface area contributed by atoms with E-state index >= 15 is 0 Å². The Balaban J connectivity index is 1.49. The second-order valence-electron chi connectivity index (χ2n) is 6.03. The zero-order valence-corrected chi connectivity index (χ0v) is 13.6. The fraction of sp³-hybridized carbons (Fsp3) is 0.211. The molecule has 2 aromatic carbocycles. The summed E-state index contributed by atoms with van der Waals surface area (Å²) >= 11 is 1.71. The van der Waals surface area contributed by atoms with E-state index in [1.54, 1.807) is 11.3 Å². The standard InChI is InChI=1S/C19H18N2OS/c20-17(9-15-12-23-18-8-4-3-7-16(15)18)19(22)21-10-13-5-1-2-6-14(13)11-21/h1-8,12,17H,9-11,20H2. The van der Waals surface area contributed by atoms with Crippen LogP contribution in [0.25, 0.3) is 10.1 Å². The topological polar surface area (TPSA) is 46.3 Å². The van der Waals surface area contributed by atoms with Gasteiger partial charge in [-0.2, -0.15) is 0 Å². The molecule has 1 amide bonds. The molecule has 0 saturated carbocycles. The quantitative estimate of drug-likeness (QED) is 0.804. The summed E-state index contributed by atoms with van der Waals surface area (Å²) in [7, 11) is 0. The maximum Gasteiger partial charge on any atom is 0.240 e. The first-order chi connectivity index (χ1) is 11.2. The molecule has 0 aliphatic carbocycles. The number of rotatable bonds is 3. The van der Waals surface area contributed by atoms with Crippen LogP contribution in [0, 0.1) is 0 Å². The summed E-state index contributed by atoms with van der Waals surface area (Å²) in [4.78, 5) is 14.5. The number of hydrogen-bond donors (Lipinski definition) is 1. The molecule has 116 valence electrons.